The fourth-order valence-corrected chi connectivity index (χ4v) is 5.85. The lowest BCUT2D eigenvalue weighted by Crippen LogP contribution is -2.57. The number of hydrogen-bond acceptors (Lipinski definition) is 9. The first-order chi connectivity index (χ1) is 21.5. The van der Waals surface area contributed by atoms with Gasteiger partial charge in [0.25, 0.3) is 0 Å². The van der Waals surface area contributed by atoms with Crippen LogP contribution in [0.15, 0.2) is 60.7 Å². The van der Waals surface area contributed by atoms with Crippen LogP contribution in [0.1, 0.15) is 60.3 Å². The first kappa shape index (κ1) is 37.6. The van der Waals surface area contributed by atoms with Gasteiger partial charge in [-0.2, -0.15) is 0 Å². The third-order valence-electron chi connectivity index (χ3n) is 6.18. The Hall–Kier alpha value is -4.58. The summed E-state index contributed by atoms with van der Waals surface area (Å²) < 4.78 is 31.3. The van der Waals surface area contributed by atoms with Crippen molar-refractivity contribution >= 4 is 37.4 Å². The second-order valence-electron chi connectivity index (χ2n) is 11.7. The predicted molar refractivity (Wildman–Crippen MR) is 167 cm³/mol. The van der Waals surface area contributed by atoms with Gasteiger partial charge in [0.2, 0.25) is 11.8 Å². The van der Waals surface area contributed by atoms with Gasteiger partial charge in [-0.05, 0) is 63.8 Å². The van der Waals surface area contributed by atoms with Crippen molar-refractivity contribution in [2.75, 3.05) is 0 Å². The number of aliphatic carboxylic acids is 2. The molecule has 0 aliphatic heterocycles. The lowest BCUT2D eigenvalue weighted by Gasteiger charge is -2.31. The smallest absolute Gasteiger partial charge is 0.452 e. The predicted octanol–water partition coefficient (Wildman–Crippen LogP) is 4.54. The van der Waals surface area contributed by atoms with E-state index in [9.17, 15) is 33.6 Å². The second kappa shape index (κ2) is 17.2. The molecule has 0 radical (unpaired) electrons. The summed E-state index contributed by atoms with van der Waals surface area (Å²) in [5.74, 6) is -5.94. The SMILES string of the molecule is CC(C)[C@H](NC(=O)[C@H](CCC(=O)O)NC(=O)OC(C)(C)C)C(=O)NC(CCC(=O)O)P(=O)(Oc1ccccc1)Oc1ccccc1. The van der Waals surface area contributed by atoms with Gasteiger partial charge in [-0.15, -0.1) is 0 Å². The summed E-state index contributed by atoms with van der Waals surface area (Å²) in [5, 5.41) is 26.0. The van der Waals surface area contributed by atoms with Crippen molar-refractivity contribution in [3.05, 3.63) is 60.7 Å². The van der Waals surface area contributed by atoms with Crippen molar-refractivity contribution < 1.29 is 52.5 Å². The number of para-hydroxylation sites is 2. The van der Waals surface area contributed by atoms with Gasteiger partial charge in [-0.25, -0.2) is 9.36 Å². The number of rotatable bonds is 17. The van der Waals surface area contributed by atoms with Crippen molar-refractivity contribution in [1.29, 1.82) is 0 Å². The molecule has 3 amide bonds. The molecule has 0 saturated heterocycles. The Balaban J connectivity index is 2.39. The molecule has 0 heterocycles. The summed E-state index contributed by atoms with van der Waals surface area (Å²) in [4.78, 5) is 62.2. The van der Waals surface area contributed by atoms with Crippen LogP contribution < -0.4 is 25.0 Å². The van der Waals surface area contributed by atoms with Gasteiger partial charge in [0, 0.05) is 12.8 Å². The maximum absolute atomic E-state index is 14.5. The highest BCUT2D eigenvalue weighted by molar-refractivity contribution is 7.55. The average Bonchev–Trinajstić information content (AvgIpc) is 2.95. The van der Waals surface area contributed by atoms with E-state index < -0.39 is 79.7 Å². The standard InChI is InChI=1S/C31H42N3O11P/c1-20(2)27(34-28(39)23(16-18-25(35)36)32-30(41)43-31(3,4)5)29(40)33-24(17-19-26(37)38)46(42,44-21-12-8-6-9-13-21)45-22-14-10-7-11-15-22/h6-15,20,23-24,27H,16-19H2,1-5H3,(H,32,41)(H,33,40)(H,34,39)(H,35,36)(H,37,38)/t23-,24?,27-/m0/s1. The molecule has 0 aliphatic carbocycles. The first-order valence-electron chi connectivity index (χ1n) is 14.6. The third-order valence-corrected chi connectivity index (χ3v) is 8.26. The third kappa shape index (κ3) is 13.2. The molecule has 0 aromatic heterocycles. The van der Waals surface area contributed by atoms with Crippen LogP contribution in [0.4, 0.5) is 4.79 Å². The largest absolute Gasteiger partial charge is 0.481 e. The Morgan fingerprint density at radius 3 is 1.65 bits per heavy atom. The molecule has 2 rings (SSSR count). The van der Waals surface area contributed by atoms with Crippen molar-refractivity contribution in [3.8, 4) is 11.5 Å². The quantitative estimate of drug-likeness (QED) is 0.148. The maximum atomic E-state index is 14.5. The van der Waals surface area contributed by atoms with Gasteiger partial charge in [0.1, 0.15) is 29.2 Å². The number of carbonyl (C=O) groups is 5. The Morgan fingerprint density at radius 1 is 0.739 bits per heavy atom. The fourth-order valence-electron chi connectivity index (χ4n) is 4.00. The van der Waals surface area contributed by atoms with E-state index in [2.05, 4.69) is 16.0 Å². The van der Waals surface area contributed by atoms with Crippen LogP contribution in [0.5, 0.6) is 11.5 Å². The lowest BCUT2D eigenvalue weighted by atomic mass is 10.0. The molecule has 0 aliphatic rings. The van der Waals surface area contributed by atoms with E-state index in [0.717, 1.165) is 0 Å². The number of hydrogen-bond donors (Lipinski definition) is 5. The van der Waals surface area contributed by atoms with Crippen LogP contribution in [0, 0.1) is 5.92 Å². The molecule has 3 atom stereocenters. The van der Waals surface area contributed by atoms with E-state index in [1.807, 2.05) is 0 Å². The van der Waals surface area contributed by atoms with Crippen LogP contribution in [0.2, 0.25) is 0 Å². The highest BCUT2D eigenvalue weighted by atomic mass is 31.2. The summed E-state index contributed by atoms with van der Waals surface area (Å²) in [7, 11) is -4.41. The Bertz CT molecular complexity index is 1340. The van der Waals surface area contributed by atoms with Crippen LogP contribution in [-0.2, 0) is 28.5 Å². The molecule has 15 heteroatoms. The van der Waals surface area contributed by atoms with Crippen LogP contribution >= 0.6 is 7.60 Å². The molecule has 0 saturated carbocycles. The summed E-state index contributed by atoms with van der Waals surface area (Å²) in [6.45, 7) is 8.07. The van der Waals surface area contributed by atoms with Gasteiger partial charge < -0.3 is 39.9 Å². The highest BCUT2D eigenvalue weighted by Crippen LogP contribution is 2.53. The number of benzene rings is 2. The van der Waals surface area contributed by atoms with Crippen LogP contribution in [0.25, 0.3) is 0 Å². The number of alkyl carbamates (subject to hydrolysis) is 1. The molecule has 0 fully saturated rings. The zero-order valence-electron chi connectivity index (χ0n) is 26.4. The van der Waals surface area contributed by atoms with E-state index in [1.54, 1.807) is 71.0 Å². The van der Waals surface area contributed by atoms with Crippen LogP contribution in [0.3, 0.4) is 0 Å². The van der Waals surface area contributed by atoms with E-state index in [4.69, 9.17) is 18.9 Å². The molecular weight excluding hydrogens is 621 g/mol. The van der Waals surface area contributed by atoms with Gasteiger partial charge >= 0.3 is 25.6 Å². The molecule has 252 valence electrons. The van der Waals surface area contributed by atoms with Crippen molar-refractivity contribution in [3.63, 3.8) is 0 Å². The molecule has 0 spiro atoms. The molecule has 2 aromatic carbocycles. The minimum Gasteiger partial charge on any atom is -0.481 e. The summed E-state index contributed by atoms with van der Waals surface area (Å²) in [6, 6.07) is 13.3. The highest BCUT2D eigenvalue weighted by Gasteiger charge is 2.42. The minimum absolute atomic E-state index is 0.138. The molecule has 1 unspecified atom stereocenters. The number of amides is 3. The first-order valence-corrected chi connectivity index (χ1v) is 16.2. The lowest BCUT2D eigenvalue weighted by molar-refractivity contribution is -0.138. The fraction of sp³-hybridized carbons (Fsp3) is 0.452. The average molecular weight is 664 g/mol. The molecule has 14 nitrogen and oxygen atoms in total. The zero-order chi connectivity index (χ0) is 34.5. The van der Waals surface area contributed by atoms with Crippen molar-refractivity contribution in [2.24, 2.45) is 5.92 Å². The number of carboxylic acids is 2. The minimum atomic E-state index is -4.41. The number of nitrogens with one attached hydrogen (secondary N) is 3. The second-order valence-corrected chi connectivity index (χ2v) is 13.7. The van der Waals surface area contributed by atoms with Gasteiger partial charge in [-0.3, -0.25) is 19.2 Å². The zero-order valence-corrected chi connectivity index (χ0v) is 27.3. The monoisotopic (exact) mass is 663 g/mol. The number of carboxylic acid groups (broad SMARTS) is 2. The molecule has 2 aromatic rings. The van der Waals surface area contributed by atoms with E-state index in [1.165, 1.54) is 24.3 Å². The molecule has 0 bridgehead atoms. The summed E-state index contributed by atoms with van der Waals surface area (Å²) in [6.07, 6.45) is -2.62. The topological polar surface area (TPSA) is 207 Å². The summed E-state index contributed by atoms with van der Waals surface area (Å²) in [5.41, 5.74) is -0.902. The van der Waals surface area contributed by atoms with E-state index in [0.29, 0.717) is 0 Å². The Morgan fingerprint density at radius 2 is 1.22 bits per heavy atom. The molecule has 5 N–H and O–H groups in total. The molecule has 46 heavy (non-hydrogen) atoms. The van der Waals surface area contributed by atoms with Crippen molar-refractivity contribution in [1.82, 2.24) is 16.0 Å². The van der Waals surface area contributed by atoms with Gasteiger partial charge in [-0.1, -0.05) is 50.2 Å². The maximum Gasteiger partial charge on any atom is 0.452 e. The van der Waals surface area contributed by atoms with E-state index >= 15 is 0 Å². The Labute approximate surface area is 267 Å². The van der Waals surface area contributed by atoms with E-state index in [-0.39, 0.29) is 24.3 Å². The summed E-state index contributed by atoms with van der Waals surface area (Å²) >= 11 is 0. The Kier molecular flexibility index (Phi) is 14.1. The van der Waals surface area contributed by atoms with Gasteiger partial charge in [0.15, 0.2) is 5.78 Å². The van der Waals surface area contributed by atoms with Crippen molar-refractivity contribution in [2.45, 2.75) is 83.8 Å². The molecular formula is C31H42N3O11P. The number of carbonyl (C=O) groups excluding carboxylic acids is 3. The van der Waals surface area contributed by atoms with Crippen LogP contribution in [-0.4, -0.2) is 63.5 Å². The van der Waals surface area contributed by atoms with Gasteiger partial charge in [0.05, 0.1) is 0 Å². The number of ether oxygens (including phenoxy) is 1. The normalized spacial score (nSPS) is 13.4.